The summed E-state index contributed by atoms with van der Waals surface area (Å²) in [6, 6.07) is 13.1. The number of hydrogen-bond donors (Lipinski definition) is 1. The van der Waals surface area contributed by atoms with Crippen LogP contribution in [0.4, 0.5) is 0 Å². The van der Waals surface area contributed by atoms with Crippen LogP contribution in [0.2, 0.25) is 5.02 Å². The molecule has 0 saturated carbocycles. The van der Waals surface area contributed by atoms with Crippen molar-refractivity contribution in [3.63, 3.8) is 0 Å². The van der Waals surface area contributed by atoms with Gasteiger partial charge in [-0.3, -0.25) is 0 Å². The summed E-state index contributed by atoms with van der Waals surface area (Å²) in [6.07, 6.45) is 5.80. The SMILES string of the molecule is CCCNC(CCCc1cccs1)Cc1ccccc1Cl. The van der Waals surface area contributed by atoms with Crippen LogP contribution >= 0.6 is 22.9 Å². The molecule has 1 atom stereocenters. The highest BCUT2D eigenvalue weighted by atomic mass is 35.5. The second kappa shape index (κ2) is 9.24. The molecule has 0 saturated heterocycles. The first-order valence-corrected chi connectivity index (χ1v) is 9.04. The van der Waals surface area contributed by atoms with E-state index >= 15 is 0 Å². The van der Waals surface area contributed by atoms with Crippen LogP contribution < -0.4 is 5.32 Å². The van der Waals surface area contributed by atoms with E-state index in [1.54, 1.807) is 0 Å². The number of hydrogen-bond acceptors (Lipinski definition) is 2. The van der Waals surface area contributed by atoms with Gasteiger partial charge >= 0.3 is 0 Å². The number of halogens is 1. The second-order valence-electron chi connectivity index (χ2n) is 5.42. The quantitative estimate of drug-likeness (QED) is 0.657. The maximum absolute atomic E-state index is 6.29. The molecular weight excluding hydrogens is 298 g/mol. The summed E-state index contributed by atoms with van der Waals surface area (Å²) in [4.78, 5) is 1.49. The van der Waals surface area contributed by atoms with Gasteiger partial charge in [0.25, 0.3) is 0 Å². The van der Waals surface area contributed by atoms with E-state index in [0.717, 1.165) is 18.0 Å². The van der Waals surface area contributed by atoms with E-state index in [1.165, 1.54) is 36.1 Å². The Labute approximate surface area is 137 Å². The summed E-state index contributed by atoms with van der Waals surface area (Å²) in [7, 11) is 0. The van der Waals surface area contributed by atoms with Crippen molar-refractivity contribution < 1.29 is 0 Å². The standard InChI is InChI=1S/C18H24ClNS/c1-2-12-20-16(8-5-9-17-10-6-13-21-17)14-15-7-3-4-11-18(15)19/h3-4,6-7,10-11,13,16,20H,2,5,8-9,12,14H2,1H3. The molecule has 21 heavy (non-hydrogen) atoms. The van der Waals surface area contributed by atoms with Crippen LogP contribution in [0.3, 0.4) is 0 Å². The molecule has 0 aliphatic carbocycles. The van der Waals surface area contributed by atoms with Gasteiger partial charge in [-0.2, -0.15) is 0 Å². The van der Waals surface area contributed by atoms with Crippen LogP contribution in [0.5, 0.6) is 0 Å². The number of rotatable bonds is 9. The van der Waals surface area contributed by atoms with Crippen LogP contribution in [0.25, 0.3) is 0 Å². The van der Waals surface area contributed by atoms with Crippen molar-refractivity contribution in [2.24, 2.45) is 0 Å². The lowest BCUT2D eigenvalue weighted by molar-refractivity contribution is 0.465. The second-order valence-corrected chi connectivity index (χ2v) is 6.86. The highest BCUT2D eigenvalue weighted by molar-refractivity contribution is 7.09. The Balaban J connectivity index is 1.86. The summed E-state index contributed by atoms with van der Waals surface area (Å²) in [5, 5.41) is 6.72. The fourth-order valence-electron chi connectivity index (χ4n) is 2.53. The maximum atomic E-state index is 6.29. The Morgan fingerprint density at radius 2 is 2.05 bits per heavy atom. The summed E-state index contributed by atoms with van der Waals surface area (Å²) in [5.41, 5.74) is 1.25. The third-order valence-corrected chi connectivity index (χ3v) is 4.97. The normalized spacial score (nSPS) is 12.5. The minimum atomic E-state index is 0.518. The molecule has 1 unspecified atom stereocenters. The minimum Gasteiger partial charge on any atom is -0.314 e. The monoisotopic (exact) mass is 321 g/mol. The Kier molecular flexibility index (Phi) is 7.28. The molecule has 2 aromatic rings. The van der Waals surface area contributed by atoms with Gasteiger partial charge in [0.05, 0.1) is 0 Å². The number of aryl methyl sites for hydroxylation is 1. The van der Waals surface area contributed by atoms with Crippen molar-refractivity contribution in [3.8, 4) is 0 Å². The summed E-state index contributed by atoms with van der Waals surface area (Å²) < 4.78 is 0. The number of nitrogens with one attached hydrogen (secondary N) is 1. The van der Waals surface area contributed by atoms with Gasteiger partial charge in [-0.05, 0) is 61.7 Å². The van der Waals surface area contributed by atoms with E-state index in [0.29, 0.717) is 6.04 Å². The average Bonchev–Trinajstić information content (AvgIpc) is 3.00. The van der Waals surface area contributed by atoms with Crippen LogP contribution in [0.15, 0.2) is 41.8 Å². The Morgan fingerprint density at radius 1 is 1.19 bits per heavy atom. The van der Waals surface area contributed by atoms with Gasteiger partial charge in [0.15, 0.2) is 0 Å². The van der Waals surface area contributed by atoms with E-state index in [2.05, 4.69) is 41.9 Å². The van der Waals surface area contributed by atoms with Gasteiger partial charge in [-0.15, -0.1) is 11.3 Å². The lowest BCUT2D eigenvalue weighted by Crippen LogP contribution is -2.32. The van der Waals surface area contributed by atoms with E-state index in [9.17, 15) is 0 Å². The molecular formula is C18H24ClNS. The highest BCUT2D eigenvalue weighted by Crippen LogP contribution is 2.19. The van der Waals surface area contributed by atoms with Crippen molar-refractivity contribution >= 4 is 22.9 Å². The molecule has 1 aromatic carbocycles. The van der Waals surface area contributed by atoms with Crippen molar-refractivity contribution in [1.82, 2.24) is 5.32 Å². The van der Waals surface area contributed by atoms with Crippen LogP contribution in [0.1, 0.15) is 36.6 Å². The number of benzene rings is 1. The molecule has 1 heterocycles. The fraction of sp³-hybridized carbons (Fsp3) is 0.444. The van der Waals surface area contributed by atoms with Gasteiger partial charge in [-0.25, -0.2) is 0 Å². The maximum Gasteiger partial charge on any atom is 0.0438 e. The van der Waals surface area contributed by atoms with Crippen molar-refractivity contribution in [2.75, 3.05) is 6.54 Å². The van der Waals surface area contributed by atoms with E-state index < -0.39 is 0 Å². The molecule has 2 rings (SSSR count). The molecule has 1 N–H and O–H groups in total. The molecule has 3 heteroatoms. The van der Waals surface area contributed by atoms with Gasteiger partial charge in [-0.1, -0.05) is 42.8 Å². The minimum absolute atomic E-state index is 0.518. The Morgan fingerprint density at radius 3 is 2.76 bits per heavy atom. The van der Waals surface area contributed by atoms with Crippen LogP contribution in [-0.2, 0) is 12.8 Å². The average molecular weight is 322 g/mol. The van der Waals surface area contributed by atoms with Crippen molar-refractivity contribution in [2.45, 2.75) is 45.1 Å². The zero-order chi connectivity index (χ0) is 14.9. The summed E-state index contributed by atoms with van der Waals surface area (Å²) in [5.74, 6) is 0. The van der Waals surface area contributed by atoms with Gasteiger partial charge in [0, 0.05) is 15.9 Å². The third kappa shape index (κ3) is 5.82. The third-order valence-electron chi connectivity index (χ3n) is 3.66. The Hall–Kier alpha value is -0.830. The first-order valence-electron chi connectivity index (χ1n) is 7.78. The number of thiophene rings is 1. The zero-order valence-electron chi connectivity index (χ0n) is 12.6. The van der Waals surface area contributed by atoms with E-state index in [1.807, 2.05) is 23.5 Å². The largest absolute Gasteiger partial charge is 0.314 e. The molecule has 0 radical (unpaired) electrons. The van der Waals surface area contributed by atoms with E-state index in [4.69, 9.17) is 11.6 Å². The highest BCUT2D eigenvalue weighted by Gasteiger charge is 2.11. The van der Waals surface area contributed by atoms with Crippen molar-refractivity contribution in [3.05, 3.63) is 57.2 Å². The predicted octanol–water partition coefficient (Wildman–Crippen LogP) is 5.34. The smallest absolute Gasteiger partial charge is 0.0438 e. The molecule has 0 aliphatic rings. The Bertz CT molecular complexity index is 510. The van der Waals surface area contributed by atoms with Crippen LogP contribution in [0, 0.1) is 0 Å². The molecule has 0 spiro atoms. The molecule has 1 nitrogen and oxygen atoms in total. The summed E-state index contributed by atoms with van der Waals surface area (Å²) >= 11 is 8.15. The topological polar surface area (TPSA) is 12.0 Å². The molecule has 0 amide bonds. The lowest BCUT2D eigenvalue weighted by Gasteiger charge is -2.19. The molecule has 0 aliphatic heterocycles. The fourth-order valence-corrected chi connectivity index (χ4v) is 3.50. The lowest BCUT2D eigenvalue weighted by atomic mass is 10.0. The van der Waals surface area contributed by atoms with Crippen molar-refractivity contribution in [1.29, 1.82) is 0 Å². The van der Waals surface area contributed by atoms with Gasteiger partial charge in [0.2, 0.25) is 0 Å². The molecule has 0 fully saturated rings. The molecule has 114 valence electrons. The summed E-state index contributed by atoms with van der Waals surface area (Å²) in [6.45, 7) is 3.29. The zero-order valence-corrected chi connectivity index (χ0v) is 14.2. The van der Waals surface area contributed by atoms with Gasteiger partial charge in [0.1, 0.15) is 0 Å². The molecule has 1 aromatic heterocycles. The first kappa shape index (κ1) is 16.5. The predicted molar refractivity (Wildman–Crippen MR) is 94.5 cm³/mol. The van der Waals surface area contributed by atoms with Gasteiger partial charge < -0.3 is 5.32 Å². The first-order chi connectivity index (χ1) is 10.3. The van der Waals surface area contributed by atoms with E-state index in [-0.39, 0.29) is 0 Å². The molecule has 0 bridgehead atoms. The van der Waals surface area contributed by atoms with Crippen LogP contribution in [-0.4, -0.2) is 12.6 Å².